The number of aliphatic hydroxyl groups excluding tert-OH is 1. The molecule has 25 heavy (non-hydrogen) atoms. The molecule has 0 spiro atoms. The van der Waals surface area contributed by atoms with Gasteiger partial charge in [0.1, 0.15) is 6.10 Å². The number of halogens is 1. The molecule has 128 valence electrons. The molecule has 8 heteroatoms. The number of para-hydroxylation sites is 1. The molecule has 3 aromatic rings. The topological polar surface area (TPSA) is 98.8 Å². The molecule has 7 nitrogen and oxygen atoms in total. The second-order valence-corrected chi connectivity index (χ2v) is 5.65. The van der Waals surface area contributed by atoms with Crippen molar-refractivity contribution in [2.24, 2.45) is 0 Å². The number of rotatable bonds is 4. The Labute approximate surface area is 147 Å². The Morgan fingerprint density at radius 1 is 1.12 bits per heavy atom. The van der Waals surface area contributed by atoms with E-state index < -0.39 is 12.2 Å². The fourth-order valence-electron chi connectivity index (χ4n) is 2.40. The lowest BCUT2D eigenvalue weighted by molar-refractivity contribution is 0.158. The van der Waals surface area contributed by atoms with Gasteiger partial charge in [-0.3, -0.25) is 5.21 Å². The van der Waals surface area contributed by atoms with Crippen molar-refractivity contribution < 1.29 is 20.2 Å². The van der Waals surface area contributed by atoms with Crippen LogP contribution in [0.25, 0.3) is 5.69 Å². The Kier molecular flexibility index (Phi) is 4.71. The minimum absolute atomic E-state index is 0.0384. The second kappa shape index (κ2) is 6.94. The molecule has 0 aliphatic rings. The standard InChI is InChI=1S/C17H14ClN3O4/c18-11-5-7-12(8-6-11)20-10-9-14(19-20)16(22)13-3-1-2-4-15(13)21(25)17(23)24/h1-10,16,22,25H,(H,23,24). The molecular weight excluding hydrogens is 346 g/mol. The zero-order valence-electron chi connectivity index (χ0n) is 12.8. The van der Waals surface area contributed by atoms with E-state index in [9.17, 15) is 15.1 Å². The Morgan fingerprint density at radius 3 is 2.48 bits per heavy atom. The average molecular weight is 360 g/mol. The number of aliphatic hydroxyl groups is 1. The van der Waals surface area contributed by atoms with Crippen LogP contribution >= 0.6 is 11.6 Å². The Hall–Kier alpha value is -2.87. The largest absolute Gasteiger partial charge is 0.463 e. The molecule has 0 fully saturated rings. The van der Waals surface area contributed by atoms with E-state index in [-0.39, 0.29) is 16.3 Å². The molecule has 0 saturated carbocycles. The molecule has 2 aromatic carbocycles. The second-order valence-electron chi connectivity index (χ2n) is 5.22. The van der Waals surface area contributed by atoms with Crippen molar-refractivity contribution in [1.82, 2.24) is 9.78 Å². The maximum Gasteiger partial charge on any atom is 0.436 e. The summed E-state index contributed by atoms with van der Waals surface area (Å²) in [5.74, 6) is 0. The highest BCUT2D eigenvalue weighted by Gasteiger charge is 2.22. The Morgan fingerprint density at radius 2 is 1.80 bits per heavy atom. The summed E-state index contributed by atoms with van der Waals surface area (Å²) in [7, 11) is 0. The van der Waals surface area contributed by atoms with Crippen molar-refractivity contribution in [2.45, 2.75) is 6.10 Å². The van der Waals surface area contributed by atoms with Crippen molar-refractivity contribution >= 4 is 23.4 Å². The van der Waals surface area contributed by atoms with Crippen LogP contribution in [0.3, 0.4) is 0 Å². The quantitative estimate of drug-likeness (QED) is 0.489. The first-order valence-electron chi connectivity index (χ1n) is 7.28. The summed E-state index contributed by atoms with van der Waals surface area (Å²) in [6.07, 6.45) is -1.09. The summed E-state index contributed by atoms with van der Waals surface area (Å²) < 4.78 is 1.56. The molecule has 1 heterocycles. The predicted molar refractivity (Wildman–Crippen MR) is 91.4 cm³/mol. The van der Waals surface area contributed by atoms with Crippen LogP contribution in [0.4, 0.5) is 10.5 Å². The van der Waals surface area contributed by atoms with Gasteiger partial charge in [0.25, 0.3) is 0 Å². The molecule has 3 rings (SSSR count). The summed E-state index contributed by atoms with van der Waals surface area (Å²) in [5.41, 5.74) is 1.24. The number of carbonyl (C=O) groups is 1. The van der Waals surface area contributed by atoms with Crippen LogP contribution in [0.2, 0.25) is 5.02 Å². The summed E-state index contributed by atoms with van der Waals surface area (Å²) in [6, 6.07) is 14.7. The first-order chi connectivity index (χ1) is 12.0. The Bertz CT molecular complexity index is 895. The zero-order valence-corrected chi connectivity index (χ0v) is 13.6. The van der Waals surface area contributed by atoms with Gasteiger partial charge in [0.05, 0.1) is 17.1 Å². The number of benzene rings is 2. The lowest BCUT2D eigenvalue weighted by Crippen LogP contribution is -2.26. The maximum absolute atomic E-state index is 11.0. The van der Waals surface area contributed by atoms with Crippen molar-refractivity contribution in [1.29, 1.82) is 0 Å². The van der Waals surface area contributed by atoms with E-state index >= 15 is 0 Å². The smallest absolute Gasteiger partial charge is 0.436 e. The Balaban J connectivity index is 1.93. The van der Waals surface area contributed by atoms with Crippen LogP contribution in [0.5, 0.6) is 0 Å². The first kappa shape index (κ1) is 17.0. The molecule has 1 unspecified atom stereocenters. The van der Waals surface area contributed by atoms with Gasteiger partial charge in [0, 0.05) is 16.8 Å². The molecule has 1 atom stereocenters. The highest BCUT2D eigenvalue weighted by Crippen LogP contribution is 2.29. The molecule has 1 aromatic heterocycles. The predicted octanol–water partition coefficient (Wildman–Crippen LogP) is 3.48. The van der Waals surface area contributed by atoms with E-state index in [4.69, 9.17) is 16.7 Å². The van der Waals surface area contributed by atoms with Gasteiger partial charge in [-0.25, -0.2) is 9.48 Å². The highest BCUT2D eigenvalue weighted by atomic mass is 35.5. The van der Waals surface area contributed by atoms with Gasteiger partial charge < -0.3 is 10.2 Å². The third-order valence-electron chi connectivity index (χ3n) is 3.62. The summed E-state index contributed by atoms with van der Waals surface area (Å²) in [5, 5.41) is 34.2. The van der Waals surface area contributed by atoms with E-state index in [0.717, 1.165) is 5.69 Å². The van der Waals surface area contributed by atoms with Gasteiger partial charge in [0.2, 0.25) is 0 Å². The molecule has 0 radical (unpaired) electrons. The van der Waals surface area contributed by atoms with Crippen LogP contribution in [-0.4, -0.2) is 31.3 Å². The number of hydrogen-bond donors (Lipinski definition) is 3. The van der Waals surface area contributed by atoms with Gasteiger partial charge >= 0.3 is 6.09 Å². The molecule has 0 saturated heterocycles. The summed E-state index contributed by atoms with van der Waals surface area (Å²) in [4.78, 5) is 11.0. The van der Waals surface area contributed by atoms with Crippen LogP contribution < -0.4 is 5.06 Å². The van der Waals surface area contributed by atoms with Crippen molar-refractivity contribution in [3.8, 4) is 5.69 Å². The number of hydroxylamine groups is 1. The van der Waals surface area contributed by atoms with Gasteiger partial charge in [-0.1, -0.05) is 29.8 Å². The van der Waals surface area contributed by atoms with E-state index in [1.165, 1.54) is 12.1 Å². The number of anilines is 1. The summed E-state index contributed by atoms with van der Waals surface area (Å²) >= 11 is 5.86. The lowest BCUT2D eigenvalue weighted by atomic mass is 10.0. The lowest BCUT2D eigenvalue weighted by Gasteiger charge is -2.18. The van der Waals surface area contributed by atoms with Crippen LogP contribution in [0.1, 0.15) is 17.4 Å². The molecule has 3 N–H and O–H groups in total. The molecule has 0 bridgehead atoms. The zero-order chi connectivity index (χ0) is 18.0. The van der Waals surface area contributed by atoms with Gasteiger partial charge in [0.15, 0.2) is 0 Å². The highest BCUT2D eigenvalue weighted by molar-refractivity contribution is 6.30. The number of aromatic nitrogens is 2. The number of nitrogens with zero attached hydrogens (tertiary/aromatic N) is 3. The number of hydrogen-bond acceptors (Lipinski definition) is 4. The van der Waals surface area contributed by atoms with E-state index in [1.54, 1.807) is 53.3 Å². The van der Waals surface area contributed by atoms with Crippen molar-refractivity contribution in [3.63, 3.8) is 0 Å². The molecule has 1 amide bonds. The van der Waals surface area contributed by atoms with Gasteiger partial charge in [-0.05, 0) is 36.4 Å². The normalized spacial score (nSPS) is 12.0. The SMILES string of the molecule is O=C(O)N(O)c1ccccc1C(O)c1ccn(-c2ccc(Cl)cc2)n1. The first-order valence-corrected chi connectivity index (χ1v) is 7.65. The van der Waals surface area contributed by atoms with E-state index in [1.807, 2.05) is 0 Å². The average Bonchev–Trinajstić information content (AvgIpc) is 3.11. The van der Waals surface area contributed by atoms with Gasteiger partial charge in [-0.15, -0.1) is 0 Å². The number of amides is 1. The minimum Gasteiger partial charge on any atom is -0.463 e. The van der Waals surface area contributed by atoms with Crippen LogP contribution in [0, 0.1) is 0 Å². The minimum atomic E-state index is -1.55. The van der Waals surface area contributed by atoms with Crippen molar-refractivity contribution in [2.75, 3.05) is 5.06 Å². The third kappa shape index (κ3) is 3.48. The molecular formula is C17H14ClN3O4. The van der Waals surface area contributed by atoms with Gasteiger partial charge in [-0.2, -0.15) is 10.2 Å². The monoisotopic (exact) mass is 359 g/mol. The van der Waals surface area contributed by atoms with Crippen molar-refractivity contribution in [3.05, 3.63) is 77.1 Å². The maximum atomic E-state index is 11.0. The van der Waals surface area contributed by atoms with Crippen LogP contribution in [0.15, 0.2) is 60.8 Å². The molecule has 0 aliphatic heterocycles. The fourth-order valence-corrected chi connectivity index (χ4v) is 2.52. The molecule has 0 aliphatic carbocycles. The third-order valence-corrected chi connectivity index (χ3v) is 3.87. The fraction of sp³-hybridized carbons (Fsp3) is 0.0588. The van der Waals surface area contributed by atoms with E-state index in [2.05, 4.69) is 5.10 Å². The van der Waals surface area contributed by atoms with E-state index in [0.29, 0.717) is 10.7 Å². The van der Waals surface area contributed by atoms with Crippen LogP contribution in [-0.2, 0) is 0 Å². The summed E-state index contributed by atoms with van der Waals surface area (Å²) in [6.45, 7) is 0. The number of carboxylic acid groups (broad SMARTS) is 1.